The van der Waals surface area contributed by atoms with Crippen molar-refractivity contribution in [2.45, 2.75) is 55.6 Å². The van der Waals surface area contributed by atoms with Gasteiger partial charge < -0.3 is 19.7 Å². The molecule has 1 N–H and O–H groups in total. The summed E-state index contributed by atoms with van der Waals surface area (Å²) in [6.07, 6.45) is 3.78. The number of nitrogens with zero attached hydrogens (tertiary/aromatic N) is 2. The zero-order chi connectivity index (χ0) is 30.4. The van der Waals surface area contributed by atoms with Crippen molar-refractivity contribution in [3.63, 3.8) is 0 Å². The molecule has 1 heterocycles. The molecule has 5 rings (SSSR count). The minimum absolute atomic E-state index is 0.00489. The van der Waals surface area contributed by atoms with Crippen LogP contribution in [0.5, 0.6) is 11.5 Å². The summed E-state index contributed by atoms with van der Waals surface area (Å²) >= 11 is 6.29. The molecule has 0 radical (unpaired) electrons. The number of para-hydroxylation sites is 2. The molecule has 9 nitrogen and oxygen atoms in total. The zero-order valence-corrected chi connectivity index (χ0v) is 25.6. The number of hydrogen-bond donors (Lipinski definition) is 1. The van der Waals surface area contributed by atoms with E-state index >= 15 is 0 Å². The first-order valence-electron chi connectivity index (χ1n) is 14.5. The SMILES string of the molecule is COc1ccc(S(=O)(=O)N(CC(=O)N2C[C@@H](C(=O)NCCc3ccccc3)Oc3ccccc32)C2CCCCC2)cc1Cl. The molecule has 3 aromatic carbocycles. The van der Waals surface area contributed by atoms with E-state index in [1.165, 1.54) is 34.5 Å². The van der Waals surface area contributed by atoms with Gasteiger partial charge in [-0.2, -0.15) is 4.31 Å². The van der Waals surface area contributed by atoms with Crippen molar-refractivity contribution < 1.29 is 27.5 Å². The summed E-state index contributed by atoms with van der Waals surface area (Å²) in [7, 11) is -2.63. The maximum Gasteiger partial charge on any atom is 0.262 e. The third-order valence-corrected chi connectivity index (χ3v) is 10.1. The number of methoxy groups -OCH3 is 1. The lowest BCUT2D eigenvalue weighted by atomic mass is 9.95. The van der Waals surface area contributed by atoms with Crippen molar-refractivity contribution in [3.05, 3.63) is 83.4 Å². The Morgan fingerprint density at radius 2 is 1.74 bits per heavy atom. The molecule has 0 spiro atoms. The third kappa shape index (κ3) is 7.14. The molecule has 0 aromatic heterocycles. The van der Waals surface area contributed by atoms with Crippen LogP contribution in [-0.4, -0.2) is 63.4 Å². The Morgan fingerprint density at radius 3 is 2.47 bits per heavy atom. The fourth-order valence-corrected chi connectivity index (χ4v) is 7.62. The quantitative estimate of drug-likeness (QED) is 0.346. The average molecular weight is 626 g/mol. The predicted octanol–water partition coefficient (Wildman–Crippen LogP) is 4.83. The van der Waals surface area contributed by atoms with Crippen LogP contribution < -0.4 is 19.7 Å². The number of halogens is 1. The number of anilines is 1. The second-order valence-corrected chi connectivity index (χ2v) is 13.0. The van der Waals surface area contributed by atoms with Crippen LogP contribution in [0.25, 0.3) is 0 Å². The molecule has 0 unspecified atom stereocenters. The van der Waals surface area contributed by atoms with Gasteiger partial charge in [0.05, 0.1) is 35.8 Å². The van der Waals surface area contributed by atoms with Gasteiger partial charge in [-0.3, -0.25) is 9.59 Å². The molecule has 0 saturated heterocycles. The predicted molar refractivity (Wildman–Crippen MR) is 165 cm³/mol. The highest BCUT2D eigenvalue weighted by atomic mass is 35.5. The van der Waals surface area contributed by atoms with Gasteiger partial charge in [0.2, 0.25) is 15.9 Å². The average Bonchev–Trinajstić information content (AvgIpc) is 3.03. The Bertz CT molecular complexity index is 1550. The van der Waals surface area contributed by atoms with Crippen molar-refractivity contribution >= 4 is 39.1 Å². The van der Waals surface area contributed by atoms with E-state index in [-0.39, 0.29) is 35.0 Å². The van der Waals surface area contributed by atoms with Crippen molar-refractivity contribution in [1.29, 1.82) is 0 Å². The Labute approximate surface area is 257 Å². The van der Waals surface area contributed by atoms with Gasteiger partial charge in [0.15, 0.2) is 6.10 Å². The molecule has 1 aliphatic carbocycles. The number of carbonyl (C=O) groups excluding carboxylic acids is 2. The Morgan fingerprint density at radius 1 is 1.02 bits per heavy atom. The van der Waals surface area contributed by atoms with Crippen molar-refractivity contribution in [2.75, 3.05) is 31.6 Å². The van der Waals surface area contributed by atoms with Gasteiger partial charge in [-0.05, 0) is 55.2 Å². The van der Waals surface area contributed by atoms with Crippen LogP contribution in [0.4, 0.5) is 5.69 Å². The standard InChI is InChI=1S/C32H36ClN3O6S/c1-41-28-17-16-25(20-26(28)33)43(39,40)36(24-12-6-3-7-13-24)22-31(37)35-21-30(42-29-15-9-8-14-27(29)35)32(38)34-19-18-23-10-4-2-5-11-23/h2,4-5,8-11,14-17,20,24,30H,3,6-7,12-13,18-19,21-22H2,1H3,(H,34,38)/t30-/m0/s1. The molecule has 1 fully saturated rings. The van der Waals surface area contributed by atoms with Crippen molar-refractivity contribution in [2.24, 2.45) is 0 Å². The highest BCUT2D eigenvalue weighted by Gasteiger charge is 2.39. The summed E-state index contributed by atoms with van der Waals surface area (Å²) < 4.78 is 40.6. The van der Waals surface area contributed by atoms with Crippen LogP contribution in [0, 0.1) is 0 Å². The number of hydrogen-bond acceptors (Lipinski definition) is 6. The van der Waals surface area contributed by atoms with Gasteiger partial charge in [0, 0.05) is 12.6 Å². The fraction of sp³-hybridized carbons (Fsp3) is 0.375. The summed E-state index contributed by atoms with van der Waals surface area (Å²) in [5, 5.41) is 3.08. The minimum atomic E-state index is -4.09. The second kappa shape index (κ2) is 13.8. The van der Waals surface area contributed by atoms with Gasteiger partial charge in [-0.15, -0.1) is 0 Å². The third-order valence-electron chi connectivity index (χ3n) is 7.93. The molecule has 1 saturated carbocycles. The molecular weight excluding hydrogens is 590 g/mol. The Balaban J connectivity index is 1.37. The number of fused-ring (bicyclic) bond motifs is 1. The zero-order valence-electron chi connectivity index (χ0n) is 24.1. The number of benzene rings is 3. The summed E-state index contributed by atoms with van der Waals surface area (Å²) in [5.41, 5.74) is 1.59. The van der Waals surface area contributed by atoms with Crippen LogP contribution in [-0.2, 0) is 26.0 Å². The van der Waals surface area contributed by atoms with Gasteiger partial charge in [-0.1, -0.05) is 73.3 Å². The molecule has 1 atom stereocenters. The smallest absolute Gasteiger partial charge is 0.262 e. The number of carbonyl (C=O) groups is 2. The molecule has 0 bridgehead atoms. The highest BCUT2D eigenvalue weighted by molar-refractivity contribution is 7.89. The number of nitrogens with one attached hydrogen (secondary N) is 1. The topological polar surface area (TPSA) is 105 Å². The van der Waals surface area contributed by atoms with E-state index in [1.807, 2.05) is 30.3 Å². The summed E-state index contributed by atoms with van der Waals surface area (Å²) in [4.78, 5) is 28.6. The minimum Gasteiger partial charge on any atom is -0.495 e. The number of sulfonamides is 1. The molecule has 11 heteroatoms. The number of amides is 2. The van der Waals surface area contributed by atoms with E-state index in [0.29, 0.717) is 43.0 Å². The van der Waals surface area contributed by atoms with Gasteiger partial charge >= 0.3 is 0 Å². The Kier molecular flexibility index (Phi) is 9.90. The largest absolute Gasteiger partial charge is 0.495 e. The van der Waals surface area contributed by atoms with E-state index in [4.69, 9.17) is 21.1 Å². The van der Waals surface area contributed by atoms with Crippen LogP contribution >= 0.6 is 11.6 Å². The first-order valence-corrected chi connectivity index (χ1v) is 16.3. The summed E-state index contributed by atoms with van der Waals surface area (Å²) in [6, 6.07) is 20.8. The normalized spacial score (nSPS) is 17.2. The lowest BCUT2D eigenvalue weighted by molar-refractivity contribution is -0.128. The summed E-state index contributed by atoms with van der Waals surface area (Å²) in [5.74, 6) is -0.0299. The van der Waals surface area contributed by atoms with Gasteiger partial charge in [0.1, 0.15) is 11.5 Å². The first-order chi connectivity index (χ1) is 20.8. The van der Waals surface area contributed by atoms with E-state index in [1.54, 1.807) is 24.3 Å². The van der Waals surface area contributed by atoms with E-state index in [0.717, 1.165) is 24.8 Å². The lowest BCUT2D eigenvalue weighted by Gasteiger charge is -2.37. The fourth-order valence-electron chi connectivity index (χ4n) is 5.64. The molecule has 228 valence electrons. The maximum atomic E-state index is 14.0. The highest BCUT2D eigenvalue weighted by Crippen LogP contribution is 2.35. The maximum absolute atomic E-state index is 14.0. The number of ether oxygens (including phenoxy) is 2. The molecule has 1 aliphatic heterocycles. The molecule has 2 amide bonds. The van der Waals surface area contributed by atoms with Crippen LogP contribution in [0.3, 0.4) is 0 Å². The first kappa shape index (κ1) is 30.8. The van der Waals surface area contributed by atoms with E-state index < -0.39 is 22.0 Å². The second-order valence-electron chi connectivity index (χ2n) is 10.7. The van der Waals surface area contributed by atoms with Crippen LogP contribution in [0.2, 0.25) is 5.02 Å². The molecule has 3 aromatic rings. The van der Waals surface area contributed by atoms with Crippen LogP contribution in [0.1, 0.15) is 37.7 Å². The van der Waals surface area contributed by atoms with Crippen LogP contribution in [0.15, 0.2) is 77.7 Å². The molecule has 2 aliphatic rings. The molecule has 43 heavy (non-hydrogen) atoms. The van der Waals surface area contributed by atoms with E-state index in [2.05, 4.69) is 5.32 Å². The number of rotatable bonds is 10. The Hall–Kier alpha value is -3.60. The van der Waals surface area contributed by atoms with Gasteiger partial charge in [0.25, 0.3) is 5.91 Å². The van der Waals surface area contributed by atoms with Crippen molar-refractivity contribution in [1.82, 2.24) is 9.62 Å². The van der Waals surface area contributed by atoms with E-state index in [9.17, 15) is 18.0 Å². The molecular formula is C32H36ClN3O6S. The lowest BCUT2D eigenvalue weighted by Crippen LogP contribution is -2.54. The van der Waals surface area contributed by atoms with Gasteiger partial charge in [-0.25, -0.2) is 8.42 Å². The monoisotopic (exact) mass is 625 g/mol. The van der Waals surface area contributed by atoms with Crippen molar-refractivity contribution in [3.8, 4) is 11.5 Å². The summed E-state index contributed by atoms with van der Waals surface area (Å²) in [6.45, 7) is -0.0102.